The number of nitrogens with two attached hydrogens (primary N) is 1. The molecule has 2 aliphatic heterocycles. The zero-order valence-corrected chi connectivity index (χ0v) is 12.1. The minimum absolute atomic E-state index is 0. The fourth-order valence-corrected chi connectivity index (χ4v) is 4.17. The van der Waals surface area contributed by atoms with E-state index in [-0.39, 0.29) is 30.5 Å². The lowest BCUT2D eigenvalue weighted by Crippen LogP contribution is -2.51. The summed E-state index contributed by atoms with van der Waals surface area (Å²) in [4.78, 5) is 14.8. The quantitative estimate of drug-likeness (QED) is 0.767. The van der Waals surface area contributed by atoms with Crippen LogP contribution in [0.3, 0.4) is 0 Å². The van der Waals surface area contributed by atoms with E-state index in [2.05, 4.69) is 4.90 Å². The largest absolute Gasteiger partial charge is 0.393 e. The lowest BCUT2D eigenvalue weighted by Gasteiger charge is -2.40. The fourth-order valence-electron chi connectivity index (χ4n) is 4.17. The highest BCUT2D eigenvalue weighted by Gasteiger charge is 2.44. The molecule has 4 nitrogen and oxygen atoms in total. The molecule has 1 amide bonds. The van der Waals surface area contributed by atoms with Crippen LogP contribution in [0.5, 0.6) is 0 Å². The van der Waals surface area contributed by atoms with E-state index < -0.39 is 0 Å². The van der Waals surface area contributed by atoms with Gasteiger partial charge >= 0.3 is 0 Å². The number of nitrogens with zero attached hydrogens (tertiary/aromatic N) is 1. The molecule has 2 bridgehead atoms. The van der Waals surface area contributed by atoms with Crippen LogP contribution >= 0.6 is 12.4 Å². The van der Waals surface area contributed by atoms with Crippen LogP contribution in [0.1, 0.15) is 51.4 Å². The smallest absolute Gasteiger partial charge is 0.226 e. The first-order valence-corrected chi connectivity index (χ1v) is 7.41. The van der Waals surface area contributed by atoms with Crippen molar-refractivity contribution in [3.05, 3.63) is 0 Å². The molecule has 0 aromatic carbocycles. The average molecular weight is 289 g/mol. The Morgan fingerprint density at radius 2 is 1.68 bits per heavy atom. The van der Waals surface area contributed by atoms with E-state index in [1.54, 1.807) is 0 Å². The van der Waals surface area contributed by atoms with E-state index in [0.717, 1.165) is 51.4 Å². The Labute approximate surface area is 121 Å². The SMILES string of the molecule is Cl.NC1CCCC(C(=O)N2C3CCC2CC(O)C3)C1. The number of carbonyl (C=O) groups excluding carboxylic acids is 1. The van der Waals surface area contributed by atoms with Gasteiger partial charge in [-0.2, -0.15) is 0 Å². The van der Waals surface area contributed by atoms with Crippen LogP contribution in [0.4, 0.5) is 0 Å². The van der Waals surface area contributed by atoms with E-state index >= 15 is 0 Å². The van der Waals surface area contributed by atoms with Crippen LogP contribution in [0.15, 0.2) is 0 Å². The number of carbonyl (C=O) groups is 1. The molecule has 0 aromatic rings. The summed E-state index contributed by atoms with van der Waals surface area (Å²) in [5.74, 6) is 0.469. The Kier molecular flexibility index (Phi) is 4.75. The van der Waals surface area contributed by atoms with E-state index in [1.807, 2.05) is 0 Å². The summed E-state index contributed by atoms with van der Waals surface area (Å²) in [6, 6.07) is 0.800. The van der Waals surface area contributed by atoms with E-state index in [0.29, 0.717) is 18.0 Å². The number of aliphatic hydroxyl groups excluding tert-OH is 1. The molecular weight excluding hydrogens is 264 g/mol. The Bertz CT molecular complexity index is 325. The number of aliphatic hydroxyl groups is 1. The number of rotatable bonds is 1. The second kappa shape index (κ2) is 5.98. The molecule has 2 saturated heterocycles. The molecule has 1 aliphatic carbocycles. The molecule has 1 saturated carbocycles. The van der Waals surface area contributed by atoms with Crippen molar-refractivity contribution < 1.29 is 9.90 Å². The number of hydrogen-bond donors (Lipinski definition) is 2. The van der Waals surface area contributed by atoms with Gasteiger partial charge in [0.1, 0.15) is 0 Å². The molecule has 4 unspecified atom stereocenters. The zero-order valence-electron chi connectivity index (χ0n) is 11.3. The highest BCUT2D eigenvalue weighted by atomic mass is 35.5. The molecule has 2 heterocycles. The predicted molar refractivity (Wildman–Crippen MR) is 76.1 cm³/mol. The highest BCUT2D eigenvalue weighted by molar-refractivity contribution is 5.85. The molecule has 4 atom stereocenters. The van der Waals surface area contributed by atoms with Crippen molar-refractivity contribution in [1.82, 2.24) is 4.90 Å². The molecule has 0 radical (unpaired) electrons. The highest BCUT2D eigenvalue weighted by Crippen LogP contribution is 2.38. The van der Waals surface area contributed by atoms with Crippen LogP contribution in [0.25, 0.3) is 0 Å². The summed E-state index contributed by atoms with van der Waals surface area (Å²) in [6.45, 7) is 0. The van der Waals surface area contributed by atoms with E-state index in [4.69, 9.17) is 5.73 Å². The van der Waals surface area contributed by atoms with Crippen molar-refractivity contribution in [2.45, 2.75) is 75.6 Å². The average Bonchev–Trinajstić information content (AvgIpc) is 2.61. The summed E-state index contributed by atoms with van der Waals surface area (Å²) in [7, 11) is 0. The van der Waals surface area contributed by atoms with Crippen LogP contribution in [0.2, 0.25) is 0 Å². The third-order valence-electron chi connectivity index (χ3n) is 5.03. The van der Waals surface area contributed by atoms with Gasteiger partial charge in [-0.1, -0.05) is 6.42 Å². The number of amides is 1. The number of piperidine rings is 1. The summed E-state index contributed by atoms with van der Waals surface area (Å²) in [5.41, 5.74) is 5.99. The van der Waals surface area contributed by atoms with Crippen LogP contribution in [0, 0.1) is 5.92 Å². The van der Waals surface area contributed by atoms with Gasteiger partial charge in [-0.05, 0) is 44.9 Å². The summed E-state index contributed by atoms with van der Waals surface area (Å²) < 4.78 is 0. The van der Waals surface area contributed by atoms with Crippen LogP contribution < -0.4 is 5.73 Å². The van der Waals surface area contributed by atoms with Gasteiger partial charge in [0.15, 0.2) is 0 Å². The second-order valence-corrected chi connectivity index (χ2v) is 6.38. The number of halogens is 1. The van der Waals surface area contributed by atoms with Crippen molar-refractivity contribution in [1.29, 1.82) is 0 Å². The van der Waals surface area contributed by atoms with Gasteiger partial charge in [0.25, 0.3) is 0 Å². The lowest BCUT2D eigenvalue weighted by molar-refractivity contribution is -0.143. The summed E-state index contributed by atoms with van der Waals surface area (Å²) >= 11 is 0. The van der Waals surface area contributed by atoms with Crippen molar-refractivity contribution in [3.8, 4) is 0 Å². The number of hydrogen-bond acceptors (Lipinski definition) is 3. The number of fused-ring (bicyclic) bond motifs is 2. The third-order valence-corrected chi connectivity index (χ3v) is 5.03. The summed E-state index contributed by atoms with van der Waals surface area (Å²) in [6.07, 6.45) is 7.53. The van der Waals surface area contributed by atoms with E-state index in [1.165, 1.54) is 0 Å². The minimum Gasteiger partial charge on any atom is -0.393 e. The Morgan fingerprint density at radius 3 is 2.26 bits per heavy atom. The molecule has 3 rings (SSSR count). The normalized spacial score (nSPS) is 41.8. The van der Waals surface area contributed by atoms with Gasteiger partial charge in [0.05, 0.1) is 6.10 Å². The van der Waals surface area contributed by atoms with Crippen LogP contribution in [-0.2, 0) is 4.79 Å². The maximum Gasteiger partial charge on any atom is 0.226 e. The molecular formula is C14H25ClN2O2. The Morgan fingerprint density at radius 1 is 1.05 bits per heavy atom. The maximum absolute atomic E-state index is 12.7. The molecule has 110 valence electrons. The second-order valence-electron chi connectivity index (χ2n) is 6.38. The molecule has 5 heteroatoms. The lowest BCUT2D eigenvalue weighted by atomic mass is 9.84. The predicted octanol–water partition coefficient (Wildman–Crippen LogP) is 1.44. The Hall–Kier alpha value is -0.320. The third kappa shape index (κ3) is 2.91. The molecule has 3 aliphatic rings. The van der Waals surface area contributed by atoms with Crippen molar-refractivity contribution in [3.63, 3.8) is 0 Å². The van der Waals surface area contributed by atoms with Gasteiger partial charge in [0, 0.05) is 24.0 Å². The van der Waals surface area contributed by atoms with Gasteiger partial charge in [0.2, 0.25) is 5.91 Å². The van der Waals surface area contributed by atoms with Crippen molar-refractivity contribution in [2.24, 2.45) is 11.7 Å². The standard InChI is InChI=1S/C14H24N2O2.ClH/c15-10-3-1-2-9(6-10)14(18)16-11-4-5-12(16)8-13(17)7-11;/h9-13,17H,1-8,15H2;1H. The first-order valence-electron chi connectivity index (χ1n) is 7.41. The monoisotopic (exact) mass is 288 g/mol. The van der Waals surface area contributed by atoms with Gasteiger partial charge in [-0.15, -0.1) is 12.4 Å². The van der Waals surface area contributed by atoms with E-state index in [9.17, 15) is 9.90 Å². The molecule has 0 aromatic heterocycles. The van der Waals surface area contributed by atoms with Gasteiger partial charge in [-0.3, -0.25) is 4.79 Å². The minimum atomic E-state index is -0.194. The fraction of sp³-hybridized carbons (Fsp3) is 0.929. The summed E-state index contributed by atoms with van der Waals surface area (Å²) in [5, 5.41) is 9.78. The molecule has 19 heavy (non-hydrogen) atoms. The van der Waals surface area contributed by atoms with Crippen LogP contribution in [-0.4, -0.2) is 40.1 Å². The molecule has 3 fully saturated rings. The topological polar surface area (TPSA) is 66.6 Å². The van der Waals surface area contributed by atoms with Crippen molar-refractivity contribution >= 4 is 18.3 Å². The van der Waals surface area contributed by atoms with Crippen molar-refractivity contribution in [2.75, 3.05) is 0 Å². The maximum atomic E-state index is 12.7. The van der Waals surface area contributed by atoms with Gasteiger partial charge < -0.3 is 15.7 Å². The Balaban J connectivity index is 0.00000133. The molecule has 0 spiro atoms. The molecule has 3 N–H and O–H groups in total. The first kappa shape index (κ1) is 15.1. The zero-order chi connectivity index (χ0) is 12.7. The van der Waals surface area contributed by atoms with Gasteiger partial charge in [-0.25, -0.2) is 0 Å². The first-order chi connectivity index (χ1) is 8.65.